The minimum absolute atomic E-state index is 0.207. The molecule has 6 heteroatoms. The summed E-state index contributed by atoms with van der Waals surface area (Å²) in [7, 11) is 2.55. The van der Waals surface area contributed by atoms with Crippen LogP contribution in [0, 0.1) is 0 Å². The van der Waals surface area contributed by atoms with Gasteiger partial charge in [0.2, 0.25) is 0 Å². The van der Waals surface area contributed by atoms with E-state index in [0.29, 0.717) is 11.5 Å². The zero-order valence-electron chi connectivity index (χ0n) is 11.9. The van der Waals surface area contributed by atoms with Gasteiger partial charge in [-0.2, -0.15) is 0 Å². The van der Waals surface area contributed by atoms with Crippen LogP contribution in [-0.4, -0.2) is 26.2 Å². The highest BCUT2D eigenvalue weighted by molar-refractivity contribution is 5.96. The number of fused-ring (bicyclic) bond motifs is 2. The van der Waals surface area contributed by atoms with Gasteiger partial charge < -0.3 is 18.9 Å². The monoisotopic (exact) mass is 300 g/mol. The van der Waals surface area contributed by atoms with Crippen molar-refractivity contribution in [1.82, 2.24) is 0 Å². The van der Waals surface area contributed by atoms with Crippen LogP contribution in [-0.2, 0) is 9.47 Å². The van der Waals surface area contributed by atoms with Gasteiger partial charge in [0.25, 0.3) is 0 Å². The molecular formula is C16H12O6. The second-order valence-electron chi connectivity index (χ2n) is 4.45. The second-order valence-corrected chi connectivity index (χ2v) is 4.45. The summed E-state index contributed by atoms with van der Waals surface area (Å²) in [6.45, 7) is 0. The van der Waals surface area contributed by atoms with E-state index in [1.807, 2.05) is 0 Å². The van der Waals surface area contributed by atoms with Crippen molar-refractivity contribution in [2.24, 2.45) is 0 Å². The molecule has 1 aliphatic heterocycles. The molecule has 0 unspecified atom stereocenters. The van der Waals surface area contributed by atoms with Gasteiger partial charge in [-0.15, -0.1) is 0 Å². The van der Waals surface area contributed by atoms with E-state index in [1.54, 1.807) is 36.4 Å². The molecule has 0 amide bonds. The van der Waals surface area contributed by atoms with Crippen molar-refractivity contribution < 1.29 is 28.5 Å². The highest BCUT2D eigenvalue weighted by Gasteiger charge is 2.28. The van der Waals surface area contributed by atoms with Crippen molar-refractivity contribution in [3.8, 4) is 23.0 Å². The van der Waals surface area contributed by atoms with E-state index in [0.717, 1.165) is 0 Å². The van der Waals surface area contributed by atoms with Crippen molar-refractivity contribution in [2.75, 3.05) is 14.2 Å². The molecule has 0 aliphatic carbocycles. The van der Waals surface area contributed by atoms with Crippen molar-refractivity contribution >= 4 is 11.9 Å². The molecule has 0 bridgehead atoms. The summed E-state index contributed by atoms with van der Waals surface area (Å²) in [5.74, 6) is 0.0464. The lowest BCUT2D eigenvalue weighted by Gasteiger charge is -2.23. The van der Waals surface area contributed by atoms with Crippen LogP contribution < -0.4 is 9.47 Å². The van der Waals surface area contributed by atoms with Gasteiger partial charge >= 0.3 is 11.9 Å². The zero-order valence-corrected chi connectivity index (χ0v) is 11.9. The van der Waals surface area contributed by atoms with Crippen molar-refractivity contribution in [3.63, 3.8) is 0 Å². The van der Waals surface area contributed by atoms with Crippen LogP contribution in [0.4, 0.5) is 0 Å². The first kappa shape index (κ1) is 13.9. The highest BCUT2D eigenvalue weighted by Crippen LogP contribution is 2.48. The Morgan fingerprint density at radius 3 is 1.64 bits per heavy atom. The van der Waals surface area contributed by atoms with Crippen LogP contribution >= 0.6 is 0 Å². The van der Waals surface area contributed by atoms with Gasteiger partial charge in [0.05, 0.1) is 14.2 Å². The maximum atomic E-state index is 11.8. The molecule has 0 fully saturated rings. The Morgan fingerprint density at radius 1 is 0.773 bits per heavy atom. The van der Waals surface area contributed by atoms with E-state index < -0.39 is 11.9 Å². The first-order valence-corrected chi connectivity index (χ1v) is 6.44. The van der Waals surface area contributed by atoms with Crippen LogP contribution in [0.25, 0.3) is 0 Å². The minimum Gasteiger partial charge on any atom is -0.465 e. The van der Waals surface area contributed by atoms with Crippen LogP contribution in [0.2, 0.25) is 0 Å². The van der Waals surface area contributed by atoms with Crippen molar-refractivity contribution in [3.05, 3.63) is 47.5 Å². The maximum absolute atomic E-state index is 11.8. The fraction of sp³-hybridized carbons (Fsp3) is 0.125. The number of carbonyl (C=O) groups excluding carboxylic acids is 2. The predicted molar refractivity (Wildman–Crippen MR) is 75.7 cm³/mol. The van der Waals surface area contributed by atoms with E-state index >= 15 is 0 Å². The molecule has 112 valence electrons. The molecule has 1 aliphatic rings. The van der Waals surface area contributed by atoms with Crippen LogP contribution in [0.1, 0.15) is 20.7 Å². The summed E-state index contributed by atoms with van der Waals surface area (Å²) in [5.41, 5.74) is 0.427. The van der Waals surface area contributed by atoms with Gasteiger partial charge in [0.15, 0.2) is 23.0 Å². The molecule has 0 saturated carbocycles. The van der Waals surface area contributed by atoms with Gasteiger partial charge in [0.1, 0.15) is 11.1 Å². The van der Waals surface area contributed by atoms with E-state index in [-0.39, 0.29) is 22.6 Å². The third-order valence-electron chi connectivity index (χ3n) is 3.19. The SMILES string of the molecule is COC(=O)c1cccc2c1Oc1c(cccc1C(=O)OC)O2. The number of para-hydroxylation sites is 2. The Balaban J connectivity index is 2.12. The molecule has 0 aromatic heterocycles. The maximum Gasteiger partial charge on any atom is 0.341 e. The number of hydrogen-bond acceptors (Lipinski definition) is 6. The molecule has 22 heavy (non-hydrogen) atoms. The van der Waals surface area contributed by atoms with Gasteiger partial charge in [-0.3, -0.25) is 0 Å². The highest BCUT2D eigenvalue weighted by atomic mass is 16.6. The average Bonchev–Trinajstić information content (AvgIpc) is 2.57. The Morgan fingerprint density at radius 2 is 1.23 bits per heavy atom. The number of rotatable bonds is 2. The van der Waals surface area contributed by atoms with Gasteiger partial charge in [-0.25, -0.2) is 9.59 Å². The average molecular weight is 300 g/mol. The van der Waals surface area contributed by atoms with Gasteiger partial charge in [-0.1, -0.05) is 12.1 Å². The Hall–Kier alpha value is -3.02. The summed E-state index contributed by atoms with van der Waals surface area (Å²) in [5, 5.41) is 0. The fourth-order valence-electron chi connectivity index (χ4n) is 2.16. The molecule has 6 nitrogen and oxygen atoms in total. The standard InChI is InChI=1S/C16H12O6/c1-19-15(17)9-5-3-7-11-13(9)22-14-10(16(18)20-2)6-4-8-12(14)21-11/h3-8H,1-2H3. The molecule has 0 radical (unpaired) electrons. The van der Waals surface area contributed by atoms with Gasteiger partial charge in [-0.05, 0) is 24.3 Å². The lowest BCUT2D eigenvalue weighted by molar-refractivity contribution is 0.0593. The largest absolute Gasteiger partial charge is 0.465 e. The smallest absolute Gasteiger partial charge is 0.341 e. The number of benzene rings is 2. The summed E-state index contributed by atoms with van der Waals surface area (Å²) in [6.07, 6.45) is 0. The molecule has 0 atom stereocenters. The fourth-order valence-corrected chi connectivity index (χ4v) is 2.16. The first-order chi connectivity index (χ1) is 10.7. The molecule has 2 aromatic rings. The van der Waals surface area contributed by atoms with Crippen molar-refractivity contribution in [1.29, 1.82) is 0 Å². The number of carbonyl (C=O) groups is 2. The summed E-state index contributed by atoms with van der Waals surface area (Å²) < 4.78 is 20.9. The summed E-state index contributed by atoms with van der Waals surface area (Å²) >= 11 is 0. The summed E-state index contributed by atoms with van der Waals surface area (Å²) in [6, 6.07) is 9.75. The first-order valence-electron chi connectivity index (χ1n) is 6.44. The molecule has 0 saturated heterocycles. The predicted octanol–water partition coefficient (Wildman–Crippen LogP) is 3.16. The second kappa shape index (κ2) is 5.40. The van der Waals surface area contributed by atoms with Crippen LogP contribution in [0.15, 0.2) is 36.4 Å². The Labute approximate surface area is 126 Å². The molecule has 0 N–H and O–H groups in total. The number of esters is 2. The van der Waals surface area contributed by atoms with E-state index in [1.165, 1.54) is 14.2 Å². The third-order valence-corrected chi connectivity index (χ3v) is 3.19. The topological polar surface area (TPSA) is 71.1 Å². The Bertz CT molecular complexity index is 702. The van der Waals surface area contributed by atoms with Crippen molar-refractivity contribution in [2.45, 2.75) is 0 Å². The molecule has 0 spiro atoms. The number of ether oxygens (including phenoxy) is 4. The Kier molecular flexibility index (Phi) is 3.42. The molecule has 1 heterocycles. The lowest BCUT2D eigenvalue weighted by Crippen LogP contribution is -2.11. The lowest BCUT2D eigenvalue weighted by atomic mass is 10.1. The third kappa shape index (κ3) is 2.14. The number of hydrogen-bond donors (Lipinski definition) is 0. The van der Waals surface area contributed by atoms with E-state index in [9.17, 15) is 9.59 Å². The minimum atomic E-state index is -0.556. The van der Waals surface area contributed by atoms with E-state index in [2.05, 4.69) is 0 Å². The normalized spacial score (nSPS) is 11.4. The summed E-state index contributed by atoms with van der Waals surface area (Å²) in [4.78, 5) is 23.6. The molecule has 2 aromatic carbocycles. The van der Waals surface area contributed by atoms with Gasteiger partial charge in [0, 0.05) is 0 Å². The molecule has 3 rings (SSSR count). The number of methoxy groups -OCH3 is 2. The van der Waals surface area contributed by atoms with Crippen LogP contribution in [0.3, 0.4) is 0 Å². The van der Waals surface area contributed by atoms with E-state index in [4.69, 9.17) is 18.9 Å². The van der Waals surface area contributed by atoms with Crippen LogP contribution in [0.5, 0.6) is 23.0 Å². The molecular weight excluding hydrogens is 288 g/mol. The zero-order chi connectivity index (χ0) is 15.7. The quantitative estimate of drug-likeness (QED) is 0.677.